The lowest BCUT2D eigenvalue weighted by Crippen LogP contribution is -2.33. The van der Waals surface area contributed by atoms with Crippen LogP contribution in [0.15, 0.2) is 48.0 Å². The normalized spacial score (nSPS) is 17.3. The van der Waals surface area contributed by atoms with Gasteiger partial charge >= 0.3 is 0 Å². The highest BCUT2D eigenvalue weighted by atomic mass is 16.5. The van der Waals surface area contributed by atoms with Gasteiger partial charge in [0, 0.05) is 12.1 Å². The van der Waals surface area contributed by atoms with Crippen LogP contribution in [-0.2, 0) is 17.7 Å². The quantitative estimate of drug-likeness (QED) is 0.668. The molecule has 2 aromatic rings. The molecule has 0 atom stereocenters. The van der Waals surface area contributed by atoms with Crippen molar-refractivity contribution in [3.8, 4) is 11.5 Å². The average molecular weight is 394 g/mol. The predicted molar refractivity (Wildman–Crippen MR) is 116 cm³/mol. The zero-order valence-electron chi connectivity index (χ0n) is 17.7. The first-order valence-corrected chi connectivity index (χ1v) is 10.5. The van der Waals surface area contributed by atoms with Crippen LogP contribution in [0.4, 0.5) is 0 Å². The predicted octanol–water partition coefficient (Wildman–Crippen LogP) is 4.92. The Labute approximate surface area is 174 Å². The third-order valence-corrected chi connectivity index (χ3v) is 6.27. The van der Waals surface area contributed by atoms with Gasteiger partial charge in [0.15, 0.2) is 11.5 Å². The number of hydrogen-bond donors (Lipinski definition) is 0. The van der Waals surface area contributed by atoms with E-state index in [4.69, 9.17) is 14.2 Å². The van der Waals surface area contributed by atoms with E-state index in [0.717, 1.165) is 48.1 Å². The molecular formula is C25H31NO3. The Kier molecular flexibility index (Phi) is 6.10. The molecule has 0 unspecified atom stereocenters. The highest BCUT2D eigenvalue weighted by molar-refractivity contribution is 5.74. The summed E-state index contributed by atoms with van der Waals surface area (Å²) in [6.07, 6.45) is 4.55. The van der Waals surface area contributed by atoms with Crippen molar-refractivity contribution in [2.45, 2.75) is 32.2 Å². The lowest BCUT2D eigenvalue weighted by molar-refractivity contribution is 0.176. The van der Waals surface area contributed by atoms with Crippen molar-refractivity contribution < 1.29 is 14.2 Å². The molecule has 0 spiro atoms. The van der Waals surface area contributed by atoms with Gasteiger partial charge in [0.25, 0.3) is 0 Å². The minimum Gasteiger partial charge on any atom is -0.496 e. The van der Waals surface area contributed by atoms with Gasteiger partial charge in [0.05, 0.1) is 21.3 Å². The Hall–Kier alpha value is -2.46. The molecular weight excluding hydrogens is 362 g/mol. The summed E-state index contributed by atoms with van der Waals surface area (Å²) in [6, 6.07) is 14.9. The number of likely N-dealkylation sites (tertiary alicyclic amines) is 1. The number of hydrogen-bond acceptors (Lipinski definition) is 4. The van der Waals surface area contributed by atoms with Crippen molar-refractivity contribution in [2.75, 3.05) is 34.4 Å². The van der Waals surface area contributed by atoms with Crippen LogP contribution in [0, 0.1) is 5.92 Å². The van der Waals surface area contributed by atoms with Gasteiger partial charge in [-0.25, -0.2) is 0 Å². The molecule has 1 aliphatic heterocycles. The second-order valence-corrected chi connectivity index (χ2v) is 8.09. The summed E-state index contributed by atoms with van der Waals surface area (Å²) in [6.45, 7) is 3.40. The lowest BCUT2D eigenvalue weighted by Gasteiger charge is -2.32. The highest BCUT2D eigenvalue weighted by Gasteiger charge is 2.28. The van der Waals surface area contributed by atoms with E-state index < -0.39 is 0 Å². The average Bonchev–Trinajstić information content (AvgIpc) is 3.10. The van der Waals surface area contributed by atoms with Crippen molar-refractivity contribution in [3.63, 3.8) is 0 Å². The summed E-state index contributed by atoms with van der Waals surface area (Å²) in [5.74, 6) is 3.31. The van der Waals surface area contributed by atoms with Crippen molar-refractivity contribution in [1.29, 1.82) is 0 Å². The Morgan fingerprint density at radius 2 is 1.59 bits per heavy atom. The summed E-state index contributed by atoms with van der Waals surface area (Å²) in [4.78, 5) is 2.58. The standard InChI is InChI=1S/C25H31NO3/c1-27-23-15-20-14-21(25(29-3)22(20)16-24(23)28-2)13-18-9-11-26(12-10-18)17-19-7-5-4-6-8-19/h4-8,15-16,18H,9-14,17H2,1-3H3. The van der Waals surface area contributed by atoms with Crippen LogP contribution in [0.3, 0.4) is 0 Å². The monoisotopic (exact) mass is 393 g/mol. The van der Waals surface area contributed by atoms with Crippen LogP contribution in [0.5, 0.6) is 11.5 Å². The maximum absolute atomic E-state index is 5.84. The van der Waals surface area contributed by atoms with Crippen molar-refractivity contribution in [1.82, 2.24) is 4.90 Å². The number of methoxy groups -OCH3 is 3. The third kappa shape index (κ3) is 4.27. The molecule has 1 heterocycles. The molecule has 154 valence electrons. The second-order valence-electron chi connectivity index (χ2n) is 8.09. The van der Waals surface area contributed by atoms with E-state index in [0.29, 0.717) is 0 Å². The Morgan fingerprint density at radius 3 is 2.24 bits per heavy atom. The first-order valence-electron chi connectivity index (χ1n) is 10.5. The number of benzene rings is 2. The largest absolute Gasteiger partial charge is 0.496 e. The number of piperidine rings is 1. The summed E-state index contributed by atoms with van der Waals surface area (Å²) in [5, 5.41) is 0. The Bertz CT molecular complexity index is 867. The first kappa shape index (κ1) is 19.8. The lowest BCUT2D eigenvalue weighted by atomic mass is 9.89. The van der Waals surface area contributed by atoms with Crippen LogP contribution in [-0.4, -0.2) is 39.3 Å². The van der Waals surface area contributed by atoms with Crippen molar-refractivity contribution in [2.24, 2.45) is 5.92 Å². The first-order chi connectivity index (χ1) is 14.2. The molecule has 2 aromatic carbocycles. The molecule has 0 aromatic heterocycles. The fourth-order valence-electron chi connectivity index (χ4n) is 4.74. The molecule has 0 N–H and O–H groups in total. The molecule has 2 aliphatic rings. The zero-order chi connectivity index (χ0) is 20.2. The molecule has 0 bridgehead atoms. The van der Waals surface area contributed by atoms with Gasteiger partial charge in [-0.05, 0) is 73.5 Å². The number of nitrogens with zero attached hydrogens (tertiary/aromatic N) is 1. The van der Waals surface area contributed by atoms with E-state index in [1.54, 1.807) is 21.3 Å². The molecule has 1 fully saturated rings. The number of rotatable bonds is 7. The molecule has 1 saturated heterocycles. The van der Waals surface area contributed by atoms with E-state index in [1.807, 2.05) is 0 Å². The van der Waals surface area contributed by atoms with Gasteiger partial charge in [-0.1, -0.05) is 30.3 Å². The van der Waals surface area contributed by atoms with Gasteiger partial charge in [-0.15, -0.1) is 0 Å². The summed E-state index contributed by atoms with van der Waals surface area (Å²) in [5.41, 5.74) is 5.25. The van der Waals surface area contributed by atoms with E-state index in [9.17, 15) is 0 Å². The molecule has 1 aliphatic carbocycles. The van der Waals surface area contributed by atoms with Crippen LogP contribution >= 0.6 is 0 Å². The zero-order valence-corrected chi connectivity index (χ0v) is 17.7. The fourth-order valence-corrected chi connectivity index (χ4v) is 4.74. The van der Waals surface area contributed by atoms with Gasteiger partial charge in [-0.2, -0.15) is 0 Å². The molecule has 29 heavy (non-hydrogen) atoms. The topological polar surface area (TPSA) is 30.9 Å². The number of allylic oxidation sites excluding steroid dienone is 1. The molecule has 0 radical (unpaired) electrons. The number of ether oxygens (including phenoxy) is 3. The van der Waals surface area contributed by atoms with Gasteiger partial charge in [0.2, 0.25) is 0 Å². The smallest absolute Gasteiger partial charge is 0.161 e. The van der Waals surface area contributed by atoms with Gasteiger partial charge < -0.3 is 14.2 Å². The summed E-state index contributed by atoms with van der Waals surface area (Å²) < 4.78 is 16.8. The molecule has 4 heteroatoms. The van der Waals surface area contributed by atoms with E-state index >= 15 is 0 Å². The SMILES string of the molecule is COC1=C(CC2CCN(Cc3ccccc3)CC2)Cc2cc(OC)c(OC)cc21. The van der Waals surface area contributed by atoms with Gasteiger partial charge in [0.1, 0.15) is 5.76 Å². The van der Waals surface area contributed by atoms with Gasteiger partial charge in [-0.3, -0.25) is 4.90 Å². The molecule has 0 saturated carbocycles. The summed E-state index contributed by atoms with van der Waals surface area (Å²) in [7, 11) is 5.15. The maximum Gasteiger partial charge on any atom is 0.161 e. The second kappa shape index (κ2) is 8.91. The number of fused-ring (bicyclic) bond motifs is 1. The molecule has 0 amide bonds. The third-order valence-electron chi connectivity index (χ3n) is 6.27. The fraction of sp³-hybridized carbons (Fsp3) is 0.440. The minimum absolute atomic E-state index is 0.722. The minimum atomic E-state index is 0.722. The molecule has 4 nitrogen and oxygen atoms in total. The van der Waals surface area contributed by atoms with Crippen molar-refractivity contribution in [3.05, 3.63) is 64.7 Å². The van der Waals surface area contributed by atoms with E-state index in [1.165, 1.54) is 42.6 Å². The summed E-state index contributed by atoms with van der Waals surface area (Å²) >= 11 is 0. The highest BCUT2D eigenvalue weighted by Crippen LogP contribution is 2.42. The van der Waals surface area contributed by atoms with Crippen LogP contribution in [0.1, 0.15) is 36.0 Å². The van der Waals surface area contributed by atoms with E-state index in [-0.39, 0.29) is 0 Å². The van der Waals surface area contributed by atoms with Crippen LogP contribution in [0.25, 0.3) is 5.76 Å². The Balaban J connectivity index is 1.40. The van der Waals surface area contributed by atoms with Crippen LogP contribution < -0.4 is 9.47 Å². The van der Waals surface area contributed by atoms with Crippen LogP contribution in [0.2, 0.25) is 0 Å². The maximum atomic E-state index is 5.84. The Morgan fingerprint density at radius 1 is 0.897 bits per heavy atom. The van der Waals surface area contributed by atoms with E-state index in [2.05, 4.69) is 47.4 Å². The van der Waals surface area contributed by atoms with Crippen molar-refractivity contribution >= 4 is 5.76 Å². The molecule has 4 rings (SSSR count).